The summed E-state index contributed by atoms with van der Waals surface area (Å²) in [4.78, 5) is 26.8. The Hall–Kier alpha value is -2.76. The van der Waals surface area contributed by atoms with Gasteiger partial charge in [-0.1, -0.05) is 24.3 Å². The third kappa shape index (κ3) is 0.984. The van der Waals surface area contributed by atoms with Crippen LogP contribution in [0.4, 0.5) is 0 Å². The molecule has 0 amide bonds. The van der Waals surface area contributed by atoms with Crippen LogP contribution >= 0.6 is 0 Å². The predicted molar refractivity (Wildman–Crippen MR) is 95.4 cm³/mol. The molecule has 27 heavy (non-hydrogen) atoms. The van der Waals surface area contributed by atoms with Crippen molar-refractivity contribution in [1.82, 2.24) is 13.9 Å². The lowest BCUT2D eigenvalue weighted by molar-refractivity contribution is 0.0417. The number of rotatable bonds is 2. The molecule has 4 saturated carbocycles. The van der Waals surface area contributed by atoms with Crippen LogP contribution in [-0.2, 0) is 4.74 Å². The minimum Gasteiger partial charge on any atom is -0.497 e. The van der Waals surface area contributed by atoms with E-state index < -0.39 is 0 Å². The molecule has 5 aliphatic carbocycles. The number of allylic oxidation sites excluding steroid dienone is 3. The van der Waals surface area contributed by atoms with Gasteiger partial charge in [-0.3, -0.25) is 0 Å². The highest BCUT2D eigenvalue weighted by molar-refractivity contribution is 5.58. The van der Waals surface area contributed by atoms with E-state index in [-0.39, 0.29) is 34.3 Å². The summed E-state index contributed by atoms with van der Waals surface area (Å²) in [7, 11) is 1.70. The van der Waals surface area contributed by atoms with Crippen LogP contribution in [0.3, 0.4) is 0 Å². The summed E-state index contributed by atoms with van der Waals surface area (Å²) in [6, 6.07) is 9.48. The Labute approximate surface area is 154 Å². The lowest BCUT2D eigenvalue weighted by atomic mass is 9.69. The van der Waals surface area contributed by atoms with Crippen molar-refractivity contribution in [3.63, 3.8) is 0 Å². The highest BCUT2D eigenvalue weighted by Crippen LogP contribution is 3.03. The fourth-order valence-electron chi connectivity index (χ4n) is 8.21. The molecular weight excluding hydrogens is 342 g/mol. The number of para-hydroxylation sites is 1. The third-order valence-corrected chi connectivity index (χ3v) is 8.67. The Kier molecular flexibility index (Phi) is 1.74. The second-order valence-corrected chi connectivity index (χ2v) is 8.97. The van der Waals surface area contributed by atoms with Crippen molar-refractivity contribution in [1.29, 1.82) is 0 Å². The third-order valence-electron chi connectivity index (χ3n) is 8.67. The van der Waals surface area contributed by atoms with Gasteiger partial charge in [-0.25, -0.2) is 23.5 Å². The van der Waals surface area contributed by atoms with E-state index in [0.717, 1.165) is 5.76 Å². The van der Waals surface area contributed by atoms with E-state index in [1.807, 2.05) is 39.7 Å². The van der Waals surface area contributed by atoms with Gasteiger partial charge in [-0.05, 0) is 48.0 Å². The molecule has 7 aliphatic rings. The van der Waals surface area contributed by atoms with Crippen molar-refractivity contribution in [2.24, 2.45) is 34.5 Å². The van der Waals surface area contributed by atoms with Gasteiger partial charge >= 0.3 is 11.4 Å². The van der Waals surface area contributed by atoms with E-state index in [0.29, 0.717) is 29.4 Å². The largest absolute Gasteiger partial charge is 0.497 e. The van der Waals surface area contributed by atoms with Gasteiger partial charge in [0.1, 0.15) is 5.76 Å². The zero-order valence-corrected chi connectivity index (χ0v) is 14.6. The zero-order valence-electron chi connectivity index (χ0n) is 14.6. The molecule has 6 heteroatoms. The van der Waals surface area contributed by atoms with Gasteiger partial charge < -0.3 is 4.74 Å². The molecule has 0 N–H and O–H groups in total. The smallest absolute Gasteiger partial charge is 0.352 e. The maximum absolute atomic E-state index is 13.4. The second-order valence-electron chi connectivity index (χ2n) is 8.97. The number of aromatic nitrogens is 3. The molecule has 2 spiro atoms. The van der Waals surface area contributed by atoms with Gasteiger partial charge in [0.05, 0.1) is 24.9 Å². The number of nitrogens with zero attached hydrogens (tertiary/aromatic N) is 3. The average molecular weight is 359 g/mol. The van der Waals surface area contributed by atoms with Crippen LogP contribution in [-0.4, -0.2) is 21.0 Å². The molecule has 2 bridgehead atoms. The van der Waals surface area contributed by atoms with Crippen molar-refractivity contribution in [2.75, 3.05) is 7.11 Å². The molecule has 0 saturated heterocycles. The quantitative estimate of drug-likeness (QED) is 0.816. The van der Waals surface area contributed by atoms with Crippen LogP contribution in [0.25, 0.3) is 5.69 Å². The lowest BCUT2D eigenvalue weighted by Crippen LogP contribution is -2.52. The summed E-state index contributed by atoms with van der Waals surface area (Å²) < 4.78 is 10.5. The monoisotopic (exact) mass is 359 g/mol. The molecule has 2 aromatic rings. The fraction of sp³-hybridized carbons (Fsp3) is 0.429. The second kappa shape index (κ2) is 3.51. The van der Waals surface area contributed by atoms with E-state index >= 15 is 0 Å². The molecule has 1 aromatic heterocycles. The molecule has 6 nitrogen and oxygen atoms in total. The minimum atomic E-state index is -0.192. The van der Waals surface area contributed by atoms with E-state index in [9.17, 15) is 9.59 Å². The molecule has 8 atom stereocenters. The highest BCUT2D eigenvalue weighted by atomic mass is 16.5. The lowest BCUT2D eigenvalue weighted by Gasteiger charge is -2.47. The first-order chi connectivity index (χ1) is 13.2. The minimum absolute atomic E-state index is 0.0168. The summed E-state index contributed by atoms with van der Waals surface area (Å²) in [6.45, 7) is 0. The first-order valence-corrected chi connectivity index (χ1v) is 9.66. The van der Waals surface area contributed by atoms with Crippen LogP contribution in [0, 0.1) is 34.5 Å². The van der Waals surface area contributed by atoms with Gasteiger partial charge in [-0.2, -0.15) is 0 Å². The highest BCUT2D eigenvalue weighted by Gasteiger charge is 3.02. The Morgan fingerprint density at radius 2 is 1.59 bits per heavy atom. The Morgan fingerprint density at radius 1 is 0.926 bits per heavy atom. The molecule has 3 heterocycles. The summed E-state index contributed by atoms with van der Waals surface area (Å²) in [5, 5.41) is 0. The summed E-state index contributed by atoms with van der Waals surface area (Å²) in [5.41, 5.74) is 0.264. The predicted octanol–water partition coefficient (Wildman–Crippen LogP) is 1.49. The molecule has 134 valence electrons. The normalized spacial score (nSPS) is 47.4. The van der Waals surface area contributed by atoms with Gasteiger partial charge in [0.2, 0.25) is 0 Å². The molecule has 1 aromatic carbocycles. The molecule has 0 unspecified atom stereocenters. The van der Waals surface area contributed by atoms with E-state index in [1.54, 1.807) is 7.11 Å². The van der Waals surface area contributed by atoms with Crippen LogP contribution in [0.15, 0.2) is 63.9 Å². The van der Waals surface area contributed by atoms with Crippen LogP contribution in [0.2, 0.25) is 0 Å². The standard InChI is InChI=1S/C21H17N3O3/c1-27-11-7-8-20-15-12-13-14(12)17(21(15,20)9-11)24-19(26)22(10-5-3-2-4-6-10)18(25)23(24)16(13)20/h2-9,12-17H,1H3/t12-,13-,14-,15-,16-,17+,20-,21+/m0/s1. The van der Waals surface area contributed by atoms with E-state index in [2.05, 4.69) is 18.2 Å². The number of benzene rings is 1. The Bertz CT molecular complexity index is 1260. The van der Waals surface area contributed by atoms with Gasteiger partial charge in [0.25, 0.3) is 0 Å². The number of hydrogen-bond acceptors (Lipinski definition) is 3. The van der Waals surface area contributed by atoms with Crippen molar-refractivity contribution in [3.8, 4) is 5.69 Å². The maximum Gasteiger partial charge on any atom is 0.352 e. The molecule has 2 aliphatic heterocycles. The van der Waals surface area contributed by atoms with Gasteiger partial charge in [-0.15, -0.1) is 0 Å². The molecular formula is C21H17N3O3. The molecule has 0 radical (unpaired) electrons. The number of hydrogen-bond donors (Lipinski definition) is 0. The van der Waals surface area contributed by atoms with Crippen molar-refractivity contribution >= 4 is 0 Å². The van der Waals surface area contributed by atoms with Crippen LogP contribution < -0.4 is 11.4 Å². The maximum atomic E-state index is 13.4. The van der Waals surface area contributed by atoms with Crippen molar-refractivity contribution in [2.45, 2.75) is 12.1 Å². The number of ether oxygens (including phenoxy) is 1. The fourth-order valence-corrected chi connectivity index (χ4v) is 8.21. The average Bonchev–Trinajstić information content (AvgIpc) is 3.46. The van der Waals surface area contributed by atoms with Crippen LogP contribution in [0.5, 0.6) is 0 Å². The topological polar surface area (TPSA) is 58.2 Å². The molecule has 4 fully saturated rings. The first-order valence-electron chi connectivity index (χ1n) is 9.66. The van der Waals surface area contributed by atoms with E-state index in [4.69, 9.17) is 4.74 Å². The van der Waals surface area contributed by atoms with Gasteiger partial charge in [0.15, 0.2) is 0 Å². The first kappa shape index (κ1) is 13.4. The van der Waals surface area contributed by atoms with E-state index in [1.165, 1.54) is 4.57 Å². The Balaban J connectivity index is 1.46. The summed E-state index contributed by atoms with van der Waals surface area (Å²) >= 11 is 0. The SMILES string of the molecule is COC1=C[C@@]23[C@H]4[C@H]5[C@H]6[C@H]5[C@H]2n2c(=O)n(-c5ccccc5)c(=O)n2[C@@H]6[C@]43C=C1. The van der Waals surface area contributed by atoms with Crippen molar-refractivity contribution in [3.05, 3.63) is 75.3 Å². The molecule has 9 rings (SSSR count). The van der Waals surface area contributed by atoms with Crippen molar-refractivity contribution < 1.29 is 4.74 Å². The Morgan fingerprint density at radius 3 is 2.26 bits per heavy atom. The summed E-state index contributed by atoms with van der Waals surface area (Å²) in [5.74, 6) is 3.23. The number of methoxy groups -OCH3 is 1. The van der Waals surface area contributed by atoms with Gasteiger partial charge in [0, 0.05) is 10.8 Å². The zero-order chi connectivity index (χ0) is 17.9. The van der Waals surface area contributed by atoms with Crippen LogP contribution in [0.1, 0.15) is 12.1 Å². The summed E-state index contributed by atoms with van der Waals surface area (Å²) in [6.07, 6.45) is 6.65.